The number of ether oxygens (including phenoxy) is 4. The highest BCUT2D eigenvalue weighted by Crippen LogP contribution is 2.40. The van der Waals surface area contributed by atoms with E-state index < -0.39 is 10.2 Å². The Bertz CT molecular complexity index is 1500. The minimum absolute atomic E-state index is 0.00289. The SMILES string of the molecule is CC.COc1ccc(Cl)c(Oc2c(NS(=O)(=O)NCc3ccccc3)ncnc2OCCOc2ncc(Br)cn2)c1. The third-order valence-corrected chi connectivity index (χ3v) is 6.52. The highest BCUT2D eigenvalue weighted by atomic mass is 79.9. The molecule has 2 heterocycles. The van der Waals surface area contributed by atoms with Crippen molar-refractivity contribution in [1.82, 2.24) is 24.7 Å². The fourth-order valence-corrected chi connectivity index (χ4v) is 4.20. The summed E-state index contributed by atoms with van der Waals surface area (Å²) in [5.41, 5.74) is 0.768. The maximum Gasteiger partial charge on any atom is 0.316 e. The van der Waals surface area contributed by atoms with E-state index in [1.807, 2.05) is 32.0 Å². The van der Waals surface area contributed by atoms with Gasteiger partial charge in [-0.2, -0.15) is 18.1 Å². The summed E-state index contributed by atoms with van der Waals surface area (Å²) in [6, 6.07) is 13.9. The van der Waals surface area contributed by atoms with Gasteiger partial charge in [0.15, 0.2) is 5.82 Å². The van der Waals surface area contributed by atoms with Gasteiger partial charge in [-0.3, -0.25) is 4.72 Å². The largest absolute Gasteiger partial charge is 0.497 e. The molecule has 0 saturated heterocycles. The van der Waals surface area contributed by atoms with Crippen LogP contribution in [0.5, 0.6) is 29.1 Å². The number of anilines is 1. The third kappa shape index (κ3) is 10.0. The number of hydrogen-bond acceptors (Lipinski definition) is 10. The first-order valence-corrected chi connectivity index (χ1v) is 14.9. The molecule has 0 aliphatic carbocycles. The lowest BCUT2D eigenvalue weighted by atomic mass is 10.2. The molecule has 0 amide bonds. The number of benzene rings is 2. The second kappa shape index (κ2) is 15.9. The molecule has 0 atom stereocenters. The van der Waals surface area contributed by atoms with Gasteiger partial charge in [0.25, 0.3) is 5.88 Å². The zero-order valence-corrected chi connectivity index (χ0v) is 25.5. The number of aromatic nitrogens is 4. The van der Waals surface area contributed by atoms with Gasteiger partial charge in [-0.25, -0.2) is 15.0 Å². The van der Waals surface area contributed by atoms with Crippen molar-refractivity contribution in [1.29, 1.82) is 0 Å². The molecule has 0 fully saturated rings. The van der Waals surface area contributed by atoms with Gasteiger partial charge in [0.05, 0.1) is 16.6 Å². The summed E-state index contributed by atoms with van der Waals surface area (Å²) in [5, 5.41) is 0.234. The molecule has 2 aromatic heterocycles. The lowest BCUT2D eigenvalue weighted by Gasteiger charge is -2.17. The van der Waals surface area contributed by atoms with Crippen molar-refractivity contribution in [3.63, 3.8) is 0 Å². The summed E-state index contributed by atoms with van der Waals surface area (Å²) in [7, 11) is -2.59. The normalized spacial score (nSPS) is 10.7. The Hall–Kier alpha value is -3.72. The van der Waals surface area contributed by atoms with Gasteiger partial charge < -0.3 is 18.9 Å². The van der Waals surface area contributed by atoms with E-state index in [1.54, 1.807) is 36.7 Å². The molecule has 15 heteroatoms. The van der Waals surface area contributed by atoms with E-state index >= 15 is 0 Å². The van der Waals surface area contributed by atoms with Crippen molar-refractivity contribution < 1.29 is 27.4 Å². The molecule has 4 aromatic rings. The molecule has 41 heavy (non-hydrogen) atoms. The zero-order chi connectivity index (χ0) is 29.7. The first-order valence-electron chi connectivity index (χ1n) is 12.2. The summed E-state index contributed by atoms with van der Waals surface area (Å²) < 4.78 is 53.6. The van der Waals surface area contributed by atoms with Gasteiger partial charge in [-0.1, -0.05) is 55.8 Å². The average Bonchev–Trinajstić information content (AvgIpc) is 2.99. The van der Waals surface area contributed by atoms with E-state index in [2.05, 4.69) is 45.3 Å². The van der Waals surface area contributed by atoms with Crippen LogP contribution in [-0.2, 0) is 16.8 Å². The minimum Gasteiger partial charge on any atom is -0.497 e. The first-order chi connectivity index (χ1) is 19.8. The molecule has 0 spiro atoms. The second-order valence-corrected chi connectivity index (χ2v) is 10.4. The van der Waals surface area contributed by atoms with Crippen molar-refractivity contribution in [2.45, 2.75) is 20.4 Å². The molecule has 4 rings (SSSR count). The van der Waals surface area contributed by atoms with Crippen molar-refractivity contribution in [2.24, 2.45) is 0 Å². The number of nitrogens with zero attached hydrogens (tertiary/aromatic N) is 4. The van der Waals surface area contributed by atoms with Crippen LogP contribution in [0.15, 0.2) is 71.7 Å². The van der Waals surface area contributed by atoms with Crippen LogP contribution in [0.25, 0.3) is 0 Å². The van der Waals surface area contributed by atoms with Crippen LogP contribution in [-0.4, -0.2) is 48.7 Å². The summed E-state index contributed by atoms with van der Waals surface area (Å²) in [5.74, 6) is 0.246. The molecule has 218 valence electrons. The fourth-order valence-electron chi connectivity index (χ4n) is 3.01. The maximum atomic E-state index is 12.8. The van der Waals surface area contributed by atoms with Gasteiger partial charge in [0.2, 0.25) is 5.75 Å². The average molecular weight is 668 g/mol. The standard InChI is InChI=1S/C24H22BrClN6O6S.C2H6/c1-35-18-7-8-19(26)20(11-18)38-21-22(32-39(33,34)31-12-16-5-3-2-4-6-16)29-15-30-23(21)36-9-10-37-24-27-13-17(25)14-28-24;1-2/h2-8,11,13-15,31H,9-10,12H2,1H3,(H,29,30,32);1-2H3. The topological polar surface area (TPSA) is 147 Å². The Balaban J connectivity index is 0.00000226. The van der Waals surface area contributed by atoms with Crippen molar-refractivity contribution in [3.05, 3.63) is 82.3 Å². The Morgan fingerprint density at radius 3 is 2.37 bits per heavy atom. The number of halogens is 2. The lowest BCUT2D eigenvalue weighted by Crippen LogP contribution is -2.30. The van der Waals surface area contributed by atoms with Crippen LogP contribution in [0.3, 0.4) is 0 Å². The highest BCUT2D eigenvalue weighted by molar-refractivity contribution is 9.10. The number of hydrogen-bond donors (Lipinski definition) is 2. The molecule has 2 aromatic carbocycles. The maximum absolute atomic E-state index is 12.8. The van der Waals surface area contributed by atoms with E-state index in [9.17, 15) is 8.42 Å². The van der Waals surface area contributed by atoms with Crippen LogP contribution >= 0.6 is 27.5 Å². The van der Waals surface area contributed by atoms with Crippen molar-refractivity contribution >= 4 is 43.6 Å². The molecule has 2 N–H and O–H groups in total. The van der Waals surface area contributed by atoms with Crippen LogP contribution in [0.2, 0.25) is 5.02 Å². The molecule has 0 radical (unpaired) electrons. The van der Waals surface area contributed by atoms with Crippen LogP contribution in [0, 0.1) is 0 Å². The van der Waals surface area contributed by atoms with Gasteiger partial charge in [-0.15, -0.1) is 0 Å². The second-order valence-electron chi connectivity index (χ2n) is 7.55. The number of nitrogens with one attached hydrogen (secondary N) is 2. The Morgan fingerprint density at radius 1 is 0.951 bits per heavy atom. The van der Waals surface area contributed by atoms with Gasteiger partial charge in [-0.05, 0) is 33.6 Å². The Labute approximate surface area is 251 Å². The minimum atomic E-state index is -4.08. The molecular weight excluding hydrogens is 640 g/mol. The number of rotatable bonds is 13. The molecule has 0 bridgehead atoms. The molecule has 0 aliphatic heterocycles. The molecular formula is C26H28BrClN6O6S. The van der Waals surface area contributed by atoms with Gasteiger partial charge in [0, 0.05) is 25.0 Å². The smallest absolute Gasteiger partial charge is 0.316 e. The van der Waals surface area contributed by atoms with Crippen LogP contribution in [0.1, 0.15) is 19.4 Å². The molecule has 0 saturated carbocycles. The summed E-state index contributed by atoms with van der Waals surface area (Å²) in [6.45, 7) is 4.11. The third-order valence-electron chi connectivity index (χ3n) is 4.81. The monoisotopic (exact) mass is 666 g/mol. The summed E-state index contributed by atoms with van der Waals surface area (Å²) in [4.78, 5) is 16.2. The summed E-state index contributed by atoms with van der Waals surface area (Å²) in [6.07, 6.45) is 4.21. The van der Waals surface area contributed by atoms with Gasteiger partial charge >= 0.3 is 16.2 Å². The van der Waals surface area contributed by atoms with E-state index in [0.29, 0.717) is 10.2 Å². The van der Waals surface area contributed by atoms with E-state index in [0.717, 1.165) is 11.9 Å². The predicted molar refractivity (Wildman–Crippen MR) is 158 cm³/mol. The van der Waals surface area contributed by atoms with Crippen LogP contribution in [0.4, 0.5) is 5.82 Å². The predicted octanol–water partition coefficient (Wildman–Crippen LogP) is 5.41. The van der Waals surface area contributed by atoms with E-state index in [4.69, 9.17) is 30.5 Å². The fraction of sp³-hybridized carbons (Fsp3) is 0.231. The van der Waals surface area contributed by atoms with E-state index in [1.165, 1.54) is 13.2 Å². The Kier molecular flexibility index (Phi) is 12.3. The van der Waals surface area contributed by atoms with Crippen molar-refractivity contribution in [3.8, 4) is 29.1 Å². The quantitative estimate of drug-likeness (QED) is 0.177. The summed E-state index contributed by atoms with van der Waals surface area (Å²) >= 11 is 9.57. The Morgan fingerprint density at radius 2 is 1.66 bits per heavy atom. The van der Waals surface area contributed by atoms with Gasteiger partial charge in [0.1, 0.15) is 31.0 Å². The lowest BCUT2D eigenvalue weighted by molar-refractivity contribution is 0.197. The highest BCUT2D eigenvalue weighted by Gasteiger charge is 2.22. The number of methoxy groups -OCH3 is 1. The first kappa shape index (κ1) is 31.8. The van der Waals surface area contributed by atoms with E-state index in [-0.39, 0.29) is 54.0 Å². The molecule has 0 aliphatic rings. The molecule has 0 unspecified atom stereocenters. The van der Waals surface area contributed by atoms with Crippen molar-refractivity contribution in [2.75, 3.05) is 25.0 Å². The van der Waals surface area contributed by atoms with Crippen LogP contribution < -0.4 is 28.4 Å². The molecule has 12 nitrogen and oxygen atoms in total. The zero-order valence-electron chi connectivity index (χ0n) is 22.4.